The molecule has 1 fully saturated rings. The van der Waals surface area contributed by atoms with E-state index in [1.54, 1.807) is 4.90 Å². The maximum Gasteiger partial charge on any atom is 0.312 e. The van der Waals surface area contributed by atoms with E-state index in [4.69, 9.17) is 17.3 Å². The third kappa shape index (κ3) is 4.01. The number of carbonyl (C=O) groups is 2. The van der Waals surface area contributed by atoms with Gasteiger partial charge in [0.2, 0.25) is 5.91 Å². The van der Waals surface area contributed by atoms with Gasteiger partial charge in [0.25, 0.3) is 0 Å². The smallest absolute Gasteiger partial charge is 0.312 e. The van der Waals surface area contributed by atoms with Crippen molar-refractivity contribution in [1.29, 1.82) is 0 Å². The summed E-state index contributed by atoms with van der Waals surface area (Å²) in [7, 11) is 0. The van der Waals surface area contributed by atoms with E-state index < -0.39 is 6.03 Å². The lowest BCUT2D eigenvalue weighted by Gasteiger charge is -2.36. The van der Waals surface area contributed by atoms with Gasteiger partial charge in [-0.25, -0.2) is 4.79 Å². The summed E-state index contributed by atoms with van der Waals surface area (Å²) < 4.78 is 0. The molecule has 2 rings (SSSR count). The van der Waals surface area contributed by atoms with Crippen LogP contribution in [0.25, 0.3) is 0 Å². The lowest BCUT2D eigenvalue weighted by Crippen LogP contribution is -2.51. The minimum atomic E-state index is -0.684. The molecule has 1 aliphatic heterocycles. The molecule has 0 bridgehead atoms. The monoisotopic (exact) mass is 310 g/mol. The molecule has 0 radical (unpaired) electrons. The Morgan fingerprint density at radius 2 is 1.95 bits per heavy atom. The van der Waals surface area contributed by atoms with E-state index in [0.717, 1.165) is 24.3 Å². The highest BCUT2D eigenvalue weighted by Gasteiger charge is 2.22. The molecule has 114 valence electrons. The molecule has 0 saturated carbocycles. The van der Waals surface area contributed by atoms with Crippen molar-refractivity contribution in [3.05, 3.63) is 28.8 Å². The molecule has 1 saturated heterocycles. The van der Waals surface area contributed by atoms with E-state index >= 15 is 0 Å². The SMILES string of the molecule is Cc1ccc(Cl)cc1N1CCN(C(=O)CNC(N)=O)CC1. The number of hydrogen-bond acceptors (Lipinski definition) is 3. The van der Waals surface area contributed by atoms with E-state index in [-0.39, 0.29) is 12.5 Å². The zero-order chi connectivity index (χ0) is 15.4. The van der Waals surface area contributed by atoms with Crippen LogP contribution in [0, 0.1) is 6.92 Å². The number of urea groups is 1. The number of benzene rings is 1. The lowest BCUT2D eigenvalue weighted by molar-refractivity contribution is -0.130. The largest absolute Gasteiger partial charge is 0.368 e. The Hall–Kier alpha value is -1.95. The first kappa shape index (κ1) is 15.4. The Kier molecular flexibility index (Phi) is 4.90. The normalized spacial score (nSPS) is 15.0. The molecule has 0 atom stereocenters. The van der Waals surface area contributed by atoms with E-state index in [9.17, 15) is 9.59 Å². The number of nitrogens with zero attached hydrogens (tertiary/aromatic N) is 2. The summed E-state index contributed by atoms with van der Waals surface area (Å²) in [6.45, 7) is 4.70. The van der Waals surface area contributed by atoms with Gasteiger partial charge in [-0.1, -0.05) is 17.7 Å². The molecule has 1 aromatic carbocycles. The predicted molar refractivity (Wildman–Crippen MR) is 82.6 cm³/mol. The number of amides is 3. The van der Waals surface area contributed by atoms with Crippen LogP contribution in [-0.4, -0.2) is 49.6 Å². The molecular weight excluding hydrogens is 292 g/mol. The molecule has 6 nitrogen and oxygen atoms in total. The Bertz CT molecular complexity index is 542. The van der Waals surface area contributed by atoms with Gasteiger partial charge in [0.1, 0.15) is 0 Å². The molecule has 1 aliphatic rings. The van der Waals surface area contributed by atoms with Gasteiger partial charge in [0.15, 0.2) is 0 Å². The highest BCUT2D eigenvalue weighted by Crippen LogP contribution is 2.25. The van der Waals surface area contributed by atoms with Crippen molar-refractivity contribution in [2.75, 3.05) is 37.6 Å². The second kappa shape index (κ2) is 6.67. The van der Waals surface area contributed by atoms with Crippen molar-refractivity contribution < 1.29 is 9.59 Å². The van der Waals surface area contributed by atoms with Crippen molar-refractivity contribution in [2.24, 2.45) is 5.73 Å². The van der Waals surface area contributed by atoms with Gasteiger partial charge in [-0.15, -0.1) is 0 Å². The minimum absolute atomic E-state index is 0.0501. The van der Waals surface area contributed by atoms with Crippen LogP contribution in [0.1, 0.15) is 5.56 Å². The van der Waals surface area contributed by atoms with Crippen molar-refractivity contribution in [2.45, 2.75) is 6.92 Å². The van der Waals surface area contributed by atoms with Crippen LogP contribution in [0.3, 0.4) is 0 Å². The van der Waals surface area contributed by atoms with Gasteiger partial charge >= 0.3 is 6.03 Å². The van der Waals surface area contributed by atoms with Crippen molar-refractivity contribution in [3.8, 4) is 0 Å². The highest BCUT2D eigenvalue weighted by atomic mass is 35.5. The topological polar surface area (TPSA) is 78.7 Å². The molecule has 3 amide bonds. The Balaban J connectivity index is 1.92. The van der Waals surface area contributed by atoms with Crippen LogP contribution in [0.5, 0.6) is 0 Å². The Morgan fingerprint density at radius 1 is 1.29 bits per heavy atom. The van der Waals surface area contributed by atoms with Crippen molar-refractivity contribution >= 4 is 29.2 Å². The predicted octanol–water partition coefficient (Wildman–Crippen LogP) is 0.965. The fourth-order valence-corrected chi connectivity index (χ4v) is 2.56. The van der Waals surface area contributed by atoms with Gasteiger partial charge in [-0.2, -0.15) is 0 Å². The molecular formula is C14H19ClN4O2. The number of primary amides is 1. The molecule has 0 aliphatic carbocycles. The van der Waals surface area contributed by atoms with Crippen molar-refractivity contribution in [1.82, 2.24) is 10.2 Å². The highest BCUT2D eigenvalue weighted by molar-refractivity contribution is 6.30. The first-order valence-electron chi connectivity index (χ1n) is 6.79. The number of piperazine rings is 1. The van der Waals surface area contributed by atoms with Gasteiger partial charge in [-0.3, -0.25) is 4.79 Å². The van der Waals surface area contributed by atoms with Crippen LogP contribution >= 0.6 is 11.6 Å². The van der Waals surface area contributed by atoms with E-state index in [0.29, 0.717) is 18.1 Å². The quantitative estimate of drug-likeness (QED) is 0.873. The average molecular weight is 311 g/mol. The Labute approximate surface area is 128 Å². The first-order chi connectivity index (χ1) is 9.97. The van der Waals surface area contributed by atoms with E-state index in [1.807, 2.05) is 25.1 Å². The number of rotatable bonds is 3. The van der Waals surface area contributed by atoms with Crippen LogP contribution in [-0.2, 0) is 4.79 Å². The van der Waals surface area contributed by atoms with Crippen LogP contribution in [0.15, 0.2) is 18.2 Å². The van der Waals surface area contributed by atoms with Gasteiger partial charge in [-0.05, 0) is 24.6 Å². The number of nitrogens with two attached hydrogens (primary N) is 1. The third-order valence-corrected chi connectivity index (χ3v) is 3.79. The second-order valence-electron chi connectivity index (χ2n) is 5.02. The fourth-order valence-electron chi connectivity index (χ4n) is 2.39. The summed E-state index contributed by atoms with van der Waals surface area (Å²) in [5, 5.41) is 3.03. The number of halogens is 1. The molecule has 1 aromatic rings. The van der Waals surface area contributed by atoms with Gasteiger partial charge < -0.3 is 20.9 Å². The molecule has 1 heterocycles. The van der Waals surface area contributed by atoms with Crippen LogP contribution < -0.4 is 16.0 Å². The zero-order valence-electron chi connectivity index (χ0n) is 11.9. The number of anilines is 1. The number of aryl methyl sites for hydroxylation is 1. The maximum atomic E-state index is 11.9. The summed E-state index contributed by atoms with van der Waals surface area (Å²) in [6.07, 6.45) is 0. The summed E-state index contributed by atoms with van der Waals surface area (Å²) in [4.78, 5) is 26.4. The molecule has 0 aromatic heterocycles. The van der Waals surface area contributed by atoms with Gasteiger partial charge in [0, 0.05) is 36.9 Å². The van der Waals surface area contributed by atoms with Crippen LogP contribution in [0.4, 0.5) is 10.5 Å². The lowest BCUT2D eigenvalue weighted by atomic mass is 10.1. The molecule has 3 N–H and O–H groups in total. The fraction of sp³-hybridized carbons (Fsp3) is 0.429. The average Bonchev–Trinajstić information content (AvgIpc) is 2.47. The molecule has 0 spiro atoms. The van der Waals surface area contributed by atoms with Crippen molar-refractivity contribution in [3.63, 3.8) is 0 Å². The summed E-state index contributed by atoms with van der Waals surface area (Å²) >= 11 is 6.04. The molecule has 0 unspecified atom stereocenters. The minimum Gasteiger partial charge on any atom is -0.368 e. The summed E-state index contributed by atoms with van der Waals surface area (Å²) in [5.41, 5.74) is 7.22. The maximum absolute atomic E-state index is 11.9. The van der Waals surface area contributed by atoms with E-state index in [2.05, 4.69) is 10.2 Å². The van der Waals surface area contributed by atoms with Crippen LogP contribution in [0.2, 0.25) is 5.02 Å². The number of hydrogen-bond donors (Lipinski definition) is 2. The standard InChI is InChI=1S/C14H19ClN4O2/c1-10-2-3-11(15)8-12(10)18-4-6-19(7-5-18)13(20)9-17-14(16)21/h2-3,8H,4-7,9H2,1H3,(H3,16,17,21). The number of nitrogens with one attached hydrogen (secondary N) is 1. The third-order valence-electron chi connectivity index (χ3n) is 3.56. The number of carbonyl (C=O) groups excluding carboxylic acids is 2. The van der Waals surface area contributed by atoms with Gasteiger partial charge in [0.05, 0.1) is 6.54 Å². The molecule has 7 heteroatoms. The van der Waals surface area contributed by atoms with E-state index in [1.165, 1.54) is 0 Å². The first-order valence-corrected chi connectivity index (χ1v) is 7.17. The molecule has 21 heavy (non-hydrogen) atoms. The summed E-state index contributed by atoms with van der Waals surface area (Å²) in [6, 6.07) is 5.13. The Morgan fingerprint density at radius 3 is 2.57 bits per heavy atom. The zero-order valence-corrected chi connectivity index (χ0v) is 12.7. The second-order valence-corrected chi connectivity index (χ2v) is 5.45. The summed E-state index contributed by atoms with van der Waals surface area (Å²) in [5.74, 6) is -0.115.